The first-order valence-corrected chi connectivity index (χ1v) is 7.42. The average molecular weight is 292 g/mol. The summed E-state index contributed by atoms with van der Waals surface area (Å²) in [7, 11) is 1.68. The fourth-order valence-electron chi connectivity index (χ4n) is 2.30. The second-order valence-corrected chi connectivity index (χ2v) is 7.33. The van der Waals surface area contributed by atoms with Crippen molar-refractivity contribution in [2.75, 3.05) is 13.7 Å². The van der Waals surface area contributed by atoms with Crippen molar-refractivity contribution in [3.05, 3.63) is 28.8 Å². The first-order valence-electron chi connectivity index (χ1n) is 7.42. The van der Waals surface area contributed by atoms with Crippen molar-refractivity contribution in [2.24, 2.45) is 0 Å². The fraction of sp³-hybridized carbons (Fsp3) is 0.611. The topological polar surface area (TPSA) is 35.5 Å². The van der Waals surface area contributed by atoms with E-state index in [4.69, 9.17) is 9.47 Å². The highest BCUT2D eigenvalue weighted by Gasteiger charge is 2.28. The van der Waals surface area contributed by atoms with E-state index in [1.165, 1.54) is 0 Å². The number of hydrogen-bond acceptors (Lipinski definition) is 3. The number of ether oxygens (including phenoxy) is 2. The third kappa shape index (κ3) is 3.99. The summed E-state index contributed by atoms with van der Waals surface area (Å²) in [5, 5.41) is 0. The summed E-state index contributed by atoms with van der Waals surface area (Å²) in [6.07, 6.45) is 0. The van der Waals surface area contributed by atoms with Crippen molar-refractivity contribution in [1.29, 1.82) is 0 Å². The molecule has 0 bridgehead atoms. The van der Waals surface area contributed by atoms with Gasteiger partial charge in [0.15, 0.2) is 0 Å². The Kier molecular flexibility index (Phi) is 5.08. The van der Waals surface area contributed by atoms with Crippen LogP contribution in [0.4, 0.5) is 0 Å². The second-order valence-electron chi connectivity index (χ2n) is 7.33. The molecule has 1 aromatic rings. The average Bonchev–Trinajstić information content (AvgIpc) is 2.35. The molecule has 3 heteroatoms. The molecule has 1 rings (SSSR count). The Labute approximate surface area is 128 Å². The minimum Gasteiger partial charge on any atom is -0.496 e. The maximum absolute atomic E-state index is 12.1. The van der Waals surface area contributed by atoms with Gasteiger partial charge in [-0.25, -0.2) is 4.79 Å². The molecule has 0 aliphatic rings. The SMILES string of the molecule is CCOC(=O)c1cc(C(C)(C)C)c(OC)c(C(C)(C)C)c1. The van der Waals surface area contributed by atoms with Gasteiger partial charge in [0.2, 0.25) is 0 Å². The Morgan fingerprint density at radius 2 is 1.43 bits per heavy atom. The number of carbonyl (C=O) groups excluding carboxylic acids is 1. The van der Waals surface area contributed by atoms with Crippen LogP contribution in [-0.4, -0.2) is 19.7 Å². The Morgan fingerprint density at radius 1 is 1.00 bits per heavy atom. The van der Waals surface area contributed by atoms with Crippen molar-refractivity contribution in [3.63, 3.8) is 0 Å². The standard InChI is InChI=1S/C18H28O3/c1-9-21-16(19)12-10-13(17(2,3)4)15(20-8)14(11-12)18(5,6)7/h10-11H,9H2,1-8H3. The summed E-state index contributed by atoms with van der Waals surface area (Å²) in [6, 6.07) is 3.79. The summed E-state index contributed by atoms with van der Waals surface area (Å²) in [4.78, 5) is 12.1. The van der Waals surface area contributed by atoms with Crippen LogP contribution >= 0.6 is 0 Å². The van der Waals surface area contributed by atoms with Crippen LogP contribution in [0.3, 0.4) is 0 Å². The van der Waals surface area contributed by atoms with Crippen LogP contribution in [0, 0.1) is 0 Å². The smallest absolute Gasteiger partial charge is 0.338 e. The monoisotopic (exact) mass is 292 g/mol. The van der Waals surface area contributed by atoms with Crippen LogP contribution in [0.5, 0.6) is 5.75 Å². The molecule has 0 aliphatic carbocycles. The highest BCUT2D eigenvalue weighted by atomic mass is 16.5. The highest BCUT2D eigenvalue weighted by molar-refractivity contribution is 5.90. The maximum Gasteiger partial charge on any atom is 0.338 e. The Balaban J connectivity index is 3.63. The number of methoxy groups -OCH3 is 1. The summed E-state index contributed by atoms with van der Waals surface area (Å²) < 4.78 is 10.8. The van der Waals surface area contributed by atoms with E-state index in [-0.39, 0.29) is 16.8 Å². The molecule has 0 saturated heterocycles. The van der Waals surface area contributed by atoms with E-state index in [0.29, 0.717) is 12.2 Å². The molecule has 0 atom stereocenters. The Bertz CT molecular complexity index is 481. The molecule has 0 amide bonds. The quantitative estimate of drug-likeness (QED) is 0.771. The zero-order chi connectivity index (χ0) is 16.4. The lowest BCUT2D eigenvalue weighted by atomic mass is 9.78. The normalized spacial score (nSPS) is 12.2. The number of rotatable bonds is 3. The van der Waals surface area contributed by atoms with Crippen LogP contribution in [-0.2, 0) is 15.6 Å². The van der Waals surface area contributed by atoms with Gasteiger partial charge in [0, 0.05) is 11.1 Å². The lowest BCUT2D eigenvalue weighted by Gasteiger charge is -2.29. The second kappa shape index (κ2) is 6.08. The van der Waals surface area contributed by atoms with Gasteiger partial charge in [0.25, 0.3) is 0 Å². The summed E-state index contributed by atoms with van der Waals surface area (Å²) in [5.41, 5.74) is 2.41. The minimum absolute atomic E-state index is 0.117. The molecule has 0 N–H and O–H groups in total. The largest absolute Gasteiger partial charge is 0.496 e. The molecule has 1 aromatic carbocycles. The molecule has 0 spiro atoms. The minimum atomic E-state index is -0.281. The van der Waals surface area contributed by atoms with Crippen LogP contribution < -0.4 is 4.74 Å². The highest BCUT2D eigenvalue weighted by Crippen LogP contribution is 2.40. The molecular weight excluding hydrogens is 264 g/mol. The molecule has 0 aliphatic heterocycles. The van der Waals surface area contributed by atoms with Crippen molar-refractivity contribution in [3.8, 4) is 5.75 Å². The van der Waals surface area contributed by atoms with Gasteiger partial charge in [0.05, 0.1) is 19.3 Å². The molecule has 0 radical (unpaired) electrons. The van der Waals surface area contributed by atoms with Crippen LogP contribution in [0.15, 0.2) is 12.1 Å². The van der Waals surface area contributed by atoms with Crippen molar-refractivity contribution < 1.29 is 14.3 Å². The van der Waals surface area contributed by atoms with Crippen LogP contribution in [0.2, 0.25) is 0 Å². The van der Waals surface area contributed by atoms with E-state index in [1.807, 2.05) is 19.1 Å². The van der Waals surface area contributed by atoms with Gasteiger partial charge in [0.1, 0.15) is 5.75 Å². The molecule has 0 unspecified atom stereocenters. The summed E-state index contributed by atoms with van der Waals surface area (Å²) >= 11 is 0. The molecule has 0 fully saturated rings. The Morgan fingerprint density at radius 3 is 1.71 bits per heavy atom. The summed E-state index contributed by atoms with van der Waals surface area (Å²) in [5.74, 6) is 0.583. The van der Waals surface area contributed by atoms with Gasteiger partial charge >= 0.3 is 5.97 Å². The molecule has 118 valence electrons. The molecule has 21 heavy (non-hydrogen) atoms. The van der Waals surface area contributed by atoms with E-state index in [2.05, 4.69) is 41.5 Å². The number of hydrogen-bond donors (Lipinski definition) is 0. The Hall–Kier alpha value is -1.51. The van der Waals surface area contributed by atoms with Crippen LogP contribution in [0.1, 0.15) is 70.0 Å². The summed E-state index contributed by atoms with van der Waals surface area (Å²) in [6.45, 7) is 14.9. The predicted octanol–water partition coefficient (Wildman–Crippen LogP) is 4.47. The zero-order valence-electron chi connectivity index (χ0n) is 14.6. The van der Waals surface area contributed by atoms with Gasteiger partial charge < -0.3 is 9.47 Å². The molecule has 0 aromatic heterocycles. The van der Waals surface area contributed by atoms with E-state index in [1.54, 1.807) is 7.11 Å². The first kappa shape index (κ1) is 17.5. The molecule has 0 heterocycles. The van der Waals surface area contributed by atoms with Gasteiger partial charge in [-0.15, -0.1) is 0 Å². The van der Waals surface area contributed by atoms with Crippen molar-refractivity contribution in [2.45, 2.75) is 59.3 Å². The molecular formula is C18H28O3. The lowest BCUT2D eigenvalue weighted by molar-refractivity contribution is 0.0526. The van der Waals surface area contributed by atoms with Gasteiger partial charge in [-0.1, -0.05) is 41.5 Å². The third-order valence-corrected chi connectivity index (χ3v) is 3.42. The lowest BCUT2D eigenvalue weighted by Crippen LogP contribution is -2.21. The fourth-order valence-corrected chi connectivity index (χ4v) is 2.30. The van der Waals surface area contributed by atoms with E-state index in [9.17, 15) is 4.79 Å². The van der Waals surface area contributed by atoms with Gasteiger partial charge in [-0.2, -0.15) is 0 Å². The van der Waals surface area contributed by atoms with Crippen molar-refractivity contribution in [1.82, 2.24) is 0 Å². The van der Waals surface area contributed by atoms with E-state index >= 15 is 0 Å². The van der Waals surface area contributed by atoms with Crippen molar-refractivity contribution >= 4 is 5.97 Å². The van der Waals surface area contributed by atoms with E-state index in [0.717, 1.165) is 16.9 Å². The van der Waals surface area contributed by atoms with Crippen LogP contribution in [0.25, 0.3) is 0 Å². The molecule has 3 nitrogen and oxygen atoms in total. The first-order chi connectivity index (χ1) is 9.52. The van der Waals surface area contributed by atoms with Gasteiger partial charge in [-0.3, -0.25) is 0 Å². The maximum atomic E-state index is 12.1. The number of carbonyl (C=O) groups is 1. The number of esters is 1. The van der Waals surface area contributed by atoms with E-state index < -0.39 is 0 Å². The predicted molar refractivity (Wildman–Crippen MR) is 86.4 cm³/mol. The molecule has 0 saturated carbocycles. The third-order valence-electron chi connectivity index (χ3n) is 3.42. The zero-order valence-corrected chi connectivity index (χ0v) is 14.6. The number of benzene rings is 1. The van der Waals surface area contributed by atoms with Gasteiger partial charge in [-0.05, 0) is 29.9 Å².